The molecule has 0 spiro atoms. The fourth-order valence-electron chi connectivity index (χ4n) is 13.7. The number of nitrogens with one attached hydrogen (secondary N) is 6. The van der Waals surface area contributed by atoms with Gasteiger partial charge >= 0.3 is 0 Å². The monoisotopic (exact) mass is 2190 g/mol. The third-order valence-electron chi connectivity index (χ3n) is 18.9. The molecule has 0 radical (unpaired) electrons. The van der Waals surface area contributed by atoms with Crippen LogP contribution in [0, 0.1) is 42.3 Å². The van der Waals surface area contributed by atoms with Crippen molar-refractivity contribution < 1.29 is 144 Å². The summed E-state index contributed by atoms with van der Waals surface area (Å²) < 4.78 is 6.03. The number of ketones is 5. The molecule has 0 fully saturated rings. The molecular formula is C80H75BN7O8W5-. The fraction of sp³-hybridized carbons (Fsp3) is 0.225. The summed E-state index contributed by atoms with van der Waals surface area (Å²) in [5, 5.41) is 15.2. The molecule has 0 bridgehead atoms. The van der Waals surface area contributed by atoms with Gasteiger partial charge in [-0.2, -0.15) is 0 Å². The number of benzene rings is 7. The summed E-state index contributed by atoms with van der Waals surface area (Å²) in [6.45, 7) is 4.63. The molecule has 1 aliphatic rings. The maximum absolute atomic E-state index is 15.8. The molecule has 2 amide bonds. The second-order valence-corrected chi connectivity index (χ2v) is 25.1. The quantitative estimate of drug-likeness (QED) is 0.0148. The normalized spacial score (nSPS) is 12.9. The fourth-order valence-corrected chi connectivity index (χ4v) is 13.7. The van der Waals surface area contributed by atoms with Crippen LogP contribution in [0.4, 0.5) is 5.69 Å². The average molecular weight is 2190 g/mol. The third kappa shape index (κ3) is 19.6. The third-order valence-corrected chi connectivity index (χ3v) is 18.9. The van der Waals surface area contributed by atoms with Crippen LogP contribution in [0.25, 0.3) is 54.5 Å². The van der Waals surface area contributed by atoms with Gasteiger partial charge in [-0.25, -0.2) is 0 Å². The minimum Gasteiger partial charge on any atom is -0.491 e. The van der Waals surface area contributed by atoms with E-state index in [2.05, 4.69) is 48.9 Å². The molecule has 13 rings (SSSR count). The number of Topliss-reactive ketones (excluding diaryl/α,β-unsaturated/α-hetero) is 5. The first-order chi connectivity index (χ1) is 47.1. The smallest absolute Gasteiger partial charge is 0.227 e. The zero-order chi connectivity index (χ0) is 67.5. The van der Waals surface area contributed by atoms with Gasteiger partial charge in [-0.15, -0.1) is 0 Å². The van der Waals surface area contributed by atoms with Crippen molar-refractivity contribution in [3.63, 3.8) is 0 Å². The van der Waals surface area contributed by atoms with Crippen molar-refractivity contribution in [3.05, 3.63) is 252 Å². The Hall–Kier alpha value is -7.44. The molecule has 6 heterocycles. The predicted octanol–water partition coefficient (Wildman–Crippen LogP) is 12.8. The minimum absolute atomic E-state index is 0. The van der Waals surface area contributed by atoms with Gasteiger partial charge in [0, 0.05) is 271 Å². The van der Waals surface area contributed by atoms with E-state index in [1.54, 1.807) is 4.90 Å². The van der Waals surface area contributed by atoms with Gasteiger partial charge in [0.25, 0.3) is 0 Å². The van der Waals surface area contributed by atoms with Crippen LogP contribution in [-0.2, 0) is 178 Å². The topological polar surface area (TPSA) is 234 Å². The number of aromatic amines is 5. The molecule has 21 heteroatoms. The van der Waals surface area contributed by atoms with E-state index in [1.807, 2.05) is 201 Å². The Labute approximate surface area is 660 Å². The van der Waals surface area contributed by atoms with Crippen LogP contribution in [0.3, 0.4) is 0 Å². The van der Waals surface area contributed by atoms with Crippen molar-refractivity contribution in [2.75, 3.05) is 4.90 Å². The number of rotatable bonds is 27. The number of amides is 2. The molecule has 7 aromatic carbocycles. The molecule has 5 unspecified atom stereocenters. The number of hydrogen-bond acceptors (Lipinski definition) is 8. The molecule has 0 aliphatic carbocycles. The van der Waals surface area contributed by atoms with E-state index < -0.39 is 43.1 Å². The van der Waals surface area contributed by atoms with E-state index in [4.69, 9.17) is 6.36 Å². The SMILES string of the molecule is CC(=O)C(CC(=O)C(CC(=O)C(CC(=O)C(CC(=O)C(Cc1c[nH]c2ccccc12)NC(=O)CCC(=O)N1Cc2ccccc2C#Cc2ccccc21)Cc1c[nH]c2ccccc12)Cc1c[nH]c2ccccc12)Cc1c[nH]c2ccccc12)Cc1c[nH]c2ccccc12.[2H]B([CH2-])O.[W].[W].[W].[W].[W]. The van der Waals surface area contributed by atoms with E-state index >= 15 is 19.2 Å². The van der Waals surface area contributed by atoms with Gasteiger partial charge < -0.3 is 47.0 Å². The number of anilines is 1. The number of aromatic nitrogens is 5. The second kappa shape index (κ2) is 38.2. The van der Waals surface area contributed by atoms with Crippen LogP contribution in [0.5, 0.6) is 0 Å². The first kappa shape index (κ1) is 79.3. The number of carbonyl (C=O) groups is 7. The molecule has 12 aromatic rings. The Bertz CT molecular complexity index is 4990. The summed E-state index contributed by atoms with van der Waals surface area (Å²) in [5.74, 6) is 0.941. The number of H-pyrrole nitrogens is 5. The maximum Gasteiger partial charge on any atom is 0.227 e. The number of hydrogen-bond donors (Lipinski definition) is 7. The van der Waals surface area contributed by atoms with Crippen molar-refractivity contribution >= 4 is 108 Å². The molecule has 5 aromatic heterocycles. The van der Waals surface area contributed by atoms with Gasteiger partial charge in [-0.1, -0.05) is 133 Å². The van der Waals surface area contributed by atoms with E-state index in [1.165, 1.54) is 6.92 Å². The average Bonchev–Trinajstić information content (AvgIpc) is 1.26. The van der Waals surface area contributed by atoms with Crippen LogP contribution in [-0.4, -0.2) is 85.5 Å². The molecule has 5 atom stereocenters. The minimum atomic E-state index is -1.17. The molecule has 7 N–H and O–H groups in total. The summed E-state index contributed by atoms with van der Waals surface area (Å²) in [6.07, 6.45) is 9.06. The van der Waals surface area contributed by atoms with Crippen LogP contribution in [0.1, 0.15) is 90.0 Å². The van der Waals surface area contributed by atoms with E-state index in [0.29, 0.717) is 17.7 Å². The summed E-state index contributed by atoms with van der Waals surface area (Å²) in [6, 6.07) is 52.9. The van der Waals surface area contributed by atoms with Crippen LogP contribution >= 0.6 is 0 Å². The largest absolute Gasteiger partial charge is 0.491 e. The van der Waals surface area contributed by atoms with Crippen LogP contribution in [0.15, 0.2) is 201 Å². The second-order valence-electron chi connectivity index (χ2n) is 25.1. The van der Waals surface area contributed by atoms with Gasteiger partial charge in [0.1, 0.15) is 23.1 Å². The van der Waals surface area contributed by atoms with Crippen molar-refractivity contribution in [3.8, 4) is 11.8 Å². The van der Waals surface area contributed by atoms with Crippen LogP contribution in [0.2, 0.25) is 0 Å². The zero-order valence-corrected chi connectivity index (χ0v) is 70.2. The molecule has 15 nitrogen and oxygen atoms in total. The Morgan fingerprint density at radius 2 is 0.772 bits per heavy atom. The number of para-hydroxylation sites is 6. The van der Waals surface area contributed by atoms with Gasteiger partial charge in [0.2, 0.25) is 11.8 Å². The molecule has 0 saturated heterocycles. The predicted molar refractivity (Wildman–Crippen MR) is 379 cm³/mol. The summed E-state index contributed by atoms with van der Waals surface area (Å²) in [7, 11) is -1.17. The molecule has 512 valence electrons. The van der Waals surface area contributed by atoms with E-state index in [-0.39, 0.29) is 211 Å². The van der Waals surface area contributed by atoms with Crippen molar-refractivity contribution in [1.29, 1.82) is 1.34 Å². The summed E-state index contributed by atoms with van der Waals surface area (Å²) >= 11 is 0. The Morgan fingerprint density at radius 1 is 0.455 bits per heavy atom. The van der Waals surface area contributed by atoms with Gasteiger partial charge in [0.15, 0.2) is 5.78 Å². The van der Waals surface area contributed by atoms with Gasteiger partial charge in [-0.05, 0) is 116 Å². The zero-order valence-electron chi connectivity index (χ0n) is 56.5. The van der Waals surface area contributed by atoms with E-state index in [9.17, 15) is 14.4 Å². The number of fused-ring (bicyclic) bond motifs is 7. The number of nitrogens with zero attached hydrogens (tertiary/aromatic N) is 1. The van der Waals surface area contributed by atoms with Crippen molar-refractivity contribution in [1.82, 2.24) is 30.2 Å². The maximum atomic E-state index is 15.8. The molecule has 101 heavy (non-hydrogen) atoms. The Kier molecular flexibility index (Phi) is 30.0. The van der Waals surface area contributed by atoms with Gasteiger partial charge in [-0.3, -0.25) is 33.6 Å². The van der Waals surface area contributed by atoms with Gasteiger partial charge in [0.05, 0.1) is 25.7 Å². The van der Waals surface area contributed by atoms with E-state index in [0.717, 1.165) is 93.5 Å². The van der Waals surface area contributed by atoms with Crippen molar-refractivity contribution in [2.24, 2.45) is 23.7 Å². The molecule has 0 saturated carbocycles. The summed E-state index contributed by atoms with van der Waals surface area (Å²) in [4.78, 5) is 123. The first-order valence-electron chi connectivity index (χ1n) is 33.3. The number of carbonyl (C=O) groups excluding carboxylic acids is 7. The Balaban J connectivity index is 0.00000158. The molecular weight excluding hydrogens is 2120 g/mol. The standard InChI is InChI=1S/C79H71N7O7.CH4BO.5W/c1-49(87)53(34-57-43-80-67-24-10-5-19-62(57)67)39-74(88)54(35-58-44-81-68-25-11-6-20-63(58)68)40-75(89)55(36-59-45-82-69-26-12-7-21-64(59)69)41-76(90)56(37-60-46-83-70-27-13-8-22-65(60)70)42-77(91)72(38-61-47-84-71-28-14-9-23-66(61)71)85-78(92)32-33-79(93)86-48-52-18-3-2-16-50(52)30-31-51-17-4-15-29-73(51)86;1-2-3;;;;;/h2-29,43-47,53-56,72,80-84H,32-42,48H2,1H3,(H,85,92);2-3H,1H2;;;;;/q;-1;;;;;/i;2D;;;;;. The molecule has 1 aliphatic heterocycles. The first-order valence-corrected chi connectivity index (χ1v) is 32.7. The van der Waals surface area contributed by atoms with Crippen molar-refractivity contribution in [2.45, 2.75) is 90.1 Å². The Morgan fingerprint density at radius 3 is 1.18 bits per heavy atom. The van der Waals surface area contributed by atoms with Crippen LogP contribution < -0.4 is 10.2 Å². The summed E-state index contributed by atoms with van der Waals surface area (Å²) in [5.41, 5.74) is 11.6.